The quantitative estimate of drug-likeness (QED) is 0.267. The summed E-state index contributed by atoms with van der Waals surface area (Å²) in [7, 11) is 0. The van der Waals surface area contributed by atoms with E-state index in [2.05, 4.69) is 10.6 Å². The van der Waals surface area contributed by atoms with E-state index in [0.29, 0.717) is 3.57 Å². The predicted octanol–water partition coefficient (Wildman–Crippen LogP) is 5.04. The van der Waals surface area contributed by atoms with Gasteiger partial charge >= 0.3 is 17.9 Å². The van der Waals surface area contributed by atoms with Crippen molar-refractivity contribution in [2.24, 2.45) is 0 Å². The van der Waals surface area contributed by atoms with Gasteiger partial charge in [0, 0.05) is 13.8 Å². The number of carboxylic acids is 1. The summed E-state index contributed by atoms with van der Waals surface area (Å²) < 4.78 is 34.9. The number of rotatable bonds is 7. The molecule has 3 N–H and O–H groups in total. The number of aliphatic carboxylic acids is 1. The zero-order valence-electron chi connectivity index (χ0n) is 16.8. The van der Waals surface area contributed by atoms with Crippen molar-refractivity contribution in [2.45, 2.75) is 25.9 Å². The van der Waals surface area contributed by atoms with Crippen molar-refractivity contribution in [2.75, 3.05) is 10.6 Å². The number of halogens is 5. The standard InChI is InChI=1S/C20H15F2I3N2O6/c1-8(28)26-15-12(23)11(13(24)16(14(15)25)27-9(2)29)18(30)33-17(20(21,22)19(31)32)10-6-4-3-5-7-10/h3-7,17H,1-2H3,(H,26,28)(H,27,29)(H,31,32). The number of esters is 1. The van der Waals surface area contributed by atoms with Crippen molar-refractivity contribution < 1.29 is 37.8 Å². The van der Waals surface area contributed by atoms with Gasteiger partial charge in [0.15, 0.2) is 0 Å². The molecule has 0 fully saturated rings. The second-order valence-electron chi connectivity index (χ2n) is 6.55. The van der Waals surface area contributed by atoms with Crippen LogP contribution in [-0.4, -0.2) is 34.8 Å². The van der Waals surface area contributed by atoms with Gasteiger partial charge in [-0.2, -0.15) is 8.78 Å². The summed E-state index contributed by atoms with van der Waals surface area (Å²) in [6.45, 7) is 2.47. The Balaban J connectivity index is 2.68. The first-order valence-electron chi connectivity index (χ1n) is 8.91. The lowest BCUT2D eigenvalue weighted by Crippen LogP contribution is -2.38. The predicted molar refractivity (Wildman–Crippen MR) is 140 cm³/mol. The Morgan fingerprint density at radius 2 is 1.36 bits per heavy atom. The number of nitrogens with one attached hydrogen (secondary N) is 2. The second kappa shape index (κ2) is 11.2. The second-order valence-corrected chi connectivity index (χ2v) is 9.79. The first kappa shape index (κ1) is 27.6. The molecule has 1 atom stereocenters. The molecule has 2 amide bonds. The molecule has 0 radical (unpaired) electrons. The molecule has 8 nitrogen and oxygen atoms in total. The summed E-state index contributed by atoms with van der Waals surface area (Å²) in [5, 5.41) is 14.2. The van der Waals surface area contributed by atoms with Crippen LogP contribution in [0.25, 0.3) is 0 Å². The lowest BCUT2D eigenvalue weighted by atomic mass is 10.0. The van der Waals surface area contributed by atoms with Crippen LogP contribution in [0.2, 0.25) is 0 Å². The van der Waals surface area contributed by atoms with E-state index < -0.39 is 35.8 Å². The molecule has 2 aromatic carbocycles. The molecule has 176 valence electrons. The molecule has 0 aromatic heterocycles. The van der Waals surface area contributed by atoms with E-state index in [9.17, 15) is 28.0 Å². The summed E-state index contributed by atoms with van der Waals surface area (Å²) in [6, 6.07) is 6.76. The fourth-order valence-electron chi connectivity index (χ4n) is 2.67. The third-order valence-corrected chi connectivity index (χ3v) is 7.30. The van der Waals surface area contributed by atoms with Crippen LogP contribution in [-0.2, 0) is 19.1 Å². The molecular formula is C20H15F2I3N2O6. The largest absolute Gasteiger partial charge is 0.477 e. The monoisotopic (exact) mass is 798 g/mol. The smallest absolute Gasteiger partial charge is 0.382 e. The number of hydrogen-bond donors (Lipinski definition) is 3. The van der Waals surface area contributed by atoms with Crippen molar-refractivity contribution >= 4 is 103 Å². The van der Waals surface area contributed by atoms with E-state index in [0.717, 1.165) is 0 Å². The Morgan fingerprint density at radius 3 is 1.76 bits per heavy atom. The van der Waals surface area contributed by atoms with Gasteiger partial charge < -0.3 is 20.5 Å². The molecular weight excluding hydrogens is 783 g/mol. The summed E-state index contributed by atoms with van der Waals surface area (Å²) >= 11 is 5.36. The number of anilines is 2. The molecule has 0 heterocycles. The summed E-state index contributed by atoms with van der Waals surface area (Å²) in [5.74, 6) is -9.10. The number of carbonyl (C=O) groups excluding carboxylic acids is 3. The minimum absolute atomic E-state index is 0.168. The fraction of sp³-hybridized carbons (Fsp3) is 0.200. The maximum atomic E-state index is 14.5. The van der Waals surface area contributed by atoms with Gasteiger partial charge in [0.1, 0.15) is 0 Å². The van der Waals surface area contributed by atoms with Crippen LogP contribution in [0.15, 0.2) is 30.3 Å². The summed E-state index contributed by atoms with van der Waals surface area (Å²) in [5.41, 5.74) is -0.105. The van der Waals surface area contributed by atoms with Gasteiger partial charge in [-0.1, -0.05) is 30.3 Å². The number of carboxylic acid groups (broad SMARTS) is 1. The Morgan fingerprint density at radius 1 is 0.909 bits per heavy atom. The van der Waals surface area contributed by atoms with Crippen LogP contribution in [0, 0.1) is 10.7 Å². The molecule has 0 saturated carbocycles. The molecule has 2 rings (SSSR count). The zero-order chi connectivity index (χ0) is 25.1. The van der Waals surface area contributed by atoms with Crippen molar-refractivity contribution in [1.82, 2.24) is 0 Å². The minimum atomic E-state index is -4.43. The Labute approximate surface area is 227 Å². The van der Waals surface area contributed by atoms with Gasteiger partial charge in [0.2, 0.25) is 17.9 Å². The van der Waals surface area contributed by atoms with E-state index >= 15 is 0 Å². The van der Waals surface area contributed by atoms with Crippen LogP contribution in [0.4, 0.5) is 20.2 Å². The van der Waals surface area contributed by atoms with Gasteiger partial charge in [-0.25, -0.2) is 9.59 Å². The molecule has 2 aromatic rings. The SMILES string of the molecule is CC(=O)Nc1c(I)c(NC(C)=O)c(I)c(C(=O)OC(c2ccccc2)C(F)(F)C(=O)O)c1I. The number of alkyl halides is 2. The lowest BCUT2D eigenvalue weighted by Gasteiger charge is -2.25. The van der Waals surface area contributed by atoms with E-state index in [1.54, 1.807) is 45.2 Å². The van der Waals surface area contributed by atoms with Gasteiger partial charge in [-0.3, -0.25) is 9.59 Å². The van der Waals surface area contributed by atoms with Crippen molar-refractivity contribution in [3.63, 3.8) is 0 Å². The van der Waals surface area contributed by atoms with E-state index in [-0.39, 0.29) is 29.6 Å². The van der Waals surface area contributed by atoms with Gasteiger partial charge in [0.25, 0.3) is 0 Å². The van der Waals surface area contributed by atoms with Crippen molar-refractivity contribution in [1.29, 1.82) is 0 Å². The maximum Gasteiger partial charge on any atom is 0.382 e. The van der Waals surface area contributed by atoms with Crippen LogP contribution in [0.5, 0.6) is 0 Å². The number of carbonyl (C=O) groups is 4. The highest BCUT2D eigenvalue weighted by atomic mass is 127. The van der Waals surface area contributed by atoms with E-state index in [1.165, 1.54) is 44.2 Å². The van der Waals surface area contributed by atoms with Crippen LogP contribution >= 0.6 is 67.8 Å². The third kappa shape index (κ3) is 6.28. The zero-order valence-corrected chi connectivity index (χ0v) is 23.3. The Kier molecular flexibility index (Phi) is 9.37. The van der Waals surface area contributed by atoms with Gasteiger partial charge in [-0.05, 0) is 73.3 Å². The fourth-order valence-corrected chi connectivity index (χ4v) is 6.82. The number of benzene rings is 2. The molecule has 0 saturated heterocycles. The first-order chi connectivity index (χ1) is 15.3. The van der Waals surface area contributed by atoms with E-state index in [4.69, 9.17) is 9.84 Å². The molecule has 0 bridgehead atoms. The highest BCUT2D eigenvalue weighted by Crippen LogP contribution is 2.41. The molecule has 0 spiro atoms. The van der Waals surface area contributed by atoms with E-state index in [1.807, 2.05) is 22.6 Å². The van der Waals surface area contributed by atoms with Gasteiger partial charge in [-0.15, -0.1) is 0 Å². The Bertz CT molecular complexity index is 1090. The third-order valence-electron chi connectivity index (χ3n) is 4.06. The molecule has 1 unspecified atom stereocenters. The Hall–Kier alpha value is -1.63. The first-order valence-corrected chi connectivity index (χ1v) is 12.1. The highest BCUT2D eigenvalue weighted by molar-refractivity contribution is 14.1. The van der Waals surface area contributed by atoms with Crippen LogP contribution < -0.4 is 10.6 Å². The average Bonchev–Trinajstić information content (AvgIpc) is 2.72. The topological polar surface area (TPSA) is 122 Å². The average molecular weight is 798 g/mol. The normalized spacial score (nSPS) is 12.0. The molecule has 13 heteroatoms. The van der Waals surface area contributed by atoms with Gasteiger partial charge in [0.05, 0.1) is 27.6 Å². The van der Waals surface area contributed by atoms with Crippen LogP contribution in [0.3, 0.4) is 0 Å². The molecule has 0 aliphatic carbocycles. The number of ether oxygens (including phenoxy) is 1. The van der Waals surface area contributed by atoms with Crippen molar-refractivity contribution in [3.05, 3.63) is 52.2 Å². The summed E-state index contributed by atoms with van der Waals surface area (Å²) in [6.07, 6.45) is -2.43. The maximum absolute atomic E-state index is 14.5. The lowest BCUT2D eigenvalue weighted by molar-refractivity contribution is -0.183. The molecule has 33 heavy (non-hydrogen) atoms. The van der Waals surface area contributed by atoms with Crippen molar-refractivity contribution in [3.8, 4) is 0 Å². The molecule has 0 aliphatic rings. The summed E-state index contributed by atoms with van der Waals surface area (Å²) in [4.78, 5) is 47.8. The van der Waals surface area contributed by atoms with Crippen LogP contribution in [0.1, 0.15) is 35.9 Å². The molecule has 0 aliphatic heterocycles. The number of amides is 2. The highest BCUT2D eigenvalue weighted by Gasteiger charge is 2.51. The minimum Gasteiger partial charge on any atom is -0.477 e. The number of hydrogen-bond acceptors (Lipinski definition) is 5.